The minimum absolute atomic E-state index is 0.0551. The number of carbonyl (C=O) groups is 3. The van der Waals surface area contributed by atoms with Gasteiger partial charge in [-0.3, -0.25) is 14.4 Å². The van der Waals surface area contributed by atoms with Crippen LogP contribution < -0.4 is 26.2 Å². The van der Waals surface area contributed by atoms with Crippen molar-refractivity contribution in [2.45, 2.75) is 32.9 Å². The Labute approximate surface area is 236 Å². The van der Waals surface area contributed by atoms with Gasteiger partial charge in [0.05, 0.1) is 16.1 Å². The van der Waals surface area contributed by atoms with Crippen LogP contribution in [0, 0.1) is 5.92 Å². The normalized spacial score (nSPS) is 11.7. The van der Waals surface area contributed by atoms with Crippen molar-refractivity contribution in [2.75, 3.05) is 17.2 Å². The second-order valence-electron chi connectivity index (χ2n) is 9.41. The lowest BCUT2D eigenvalue weighted by Crippen LogP contribution is -2.37. The fourth-order valence-electron chi connectivity index (χ4n) is 3.55. The predicted molar refractivity (Wildman–Crippen MR) is 153 cm³/mol. The van der Waals surface area contributed by atoms with Gasteiger partial charge in [0.25, 0.3) is 18.2 Å². The lowest BCUT2D eigenvalue weighted by atomic mass is 9.96. The Kier molecular flexibility index (Phi) is 10.6. The van der Waals surface area contributed by atoms with E-state index < -0.39 is 36.9 Å². The van der Waals surface area contributed by atoms with E-state index in [2.05, 4.69) is 16.0 Å². The van der Waals surface area contributed by atoms with E-state index >= 15 is 0 Å². The Bertz CT molecular complexity index is 1370. The molecule has 3 aromatic rings. The number of benzene rings is 3. The molecule has 3 rings (SSSR count). The van der Waals surface area contributed by atoms with Crippen molar-refractivity contribution in [1.82, 2.24) is 5.32 Å². The molecule has 1 atom stereocenters. The van der Waals surface area contributed by atoms with Crippen molar-refractivity contribution < 1.29 is 33.0 Å². The summed E-state index contributed by atoms with van der Waals surface area (Å²) in [5.41, 5.74) is 2.27. The quantitative estimate of drug-likeness (QED) is 0.263. The third-order valence-corrected chi connectivity index (χ3v) is 6.13. The number of amides is 3. The summed E-state index contributed by atoms with van der Waals surface area (Å²) in [6, 6.07) is 15.6. The maximum absolute atomic E-state index is 13.1. The van der Waals surface area contributed by atoms with Gasteiger partial charge in [-0.05, 0) is 53.9 Å². The lowest BCUT2D eigenvalue weighted by molar-refractivity contribution is -0.131. The Morgan fingerprint density at radius 3 is 2.20 bits per heavy atom. The number of ether oxygens (including phenoxy) is 1. The molecule has 0 aliphatic carbocycles. The summed E-state index contributed by atoms with van der Waals surface area (Å²) >= 11 is 6.25. The smallest absolute Gasteiger partial charge is 0.272 e. The number of halogens is 3. The highest BCUT2D eigenvalue weighted by Gasteiger charge is 2.20. The van der Waals surface area contributed by atoms with E-state index in [9.17, 15) is 28.3 Å². The molecule has 8 nitrogen and oxygen atoms in total. The highest BCUT2D eigenvalue weighted by molar-refractivity contribution is 6.34. The Morgan fingerprint density at radius 2 is 1.55 bits per heavy atom. The molecular weight excluding hydrogens is 543 g/mol. The minimum atomic E-state index is -2.75. The van der Waals surface area contributed by atoms with Crippen molar-refractivity contribution in [3.63, 3.8) is 0 Å². The summed E-state index contributed by atoms with van der Waals surface area (Å²) in [4.78, 5) is 38.2. The second kappa shape index (κ2) is 13.9. The standard InChI is InChI=1S/C28H29BClF2N3O5/c1-15(2)25(36)28(39)33-13-16-3-9-22(30)20(11-16)26(37)35-19-8-10-23(40-14-24(31)32)21(12-19)27(38)34-18-6-4-17(29)5-7-18/h3-12,15,24-25,36H,13-14,29H2,1-2H3,(H,33,39)(H,34,38)(H,35,37). The highest BCUT2D eigenvalue weighted by atomic mass is 35.5. The lowest BCUT2D eigenvalue weighted by Gasteiger charge is -2.15. The van der Waals surface area contributed by atoms with Crippen LogP contribution in [0.1, 0.15) is 40.1 Å². The van der Waals surface area contributed by atoms with Crippen molar-refractivity contribution >= 4 is 54.0 Å². The first-order valence-electron chi connectivity index (χ1n) is 12.4. The molecule has 4 N–H and O–H groups in total. The van der Waals surface area contributed by atoms with Crippen LogP contribution in [0.15, 0.2) is 60.7 Å². The number of nitrogens with one attached hydrogen (secondary N) is 3. The van der Waals surface area contributed by atoms with Gasteiger partial charge < -0.3 is 25.8 Å². The average Bonchev–Trinajstić information content (AvgIpc) is 2.92. The van der Waals surface area contributed by atoms with Gasteiger partial charge in [-0.1, -0.05) is 49.1 Å². The summed E-state index contributed by atoms with van der Waals surface area (Å²) < 4.78 is 30.7. The molecule has 3 aromatic carbocycles. The molecule has 0 aliphatic heterocycles. The number of aliphatic hydroxyl groups is 1. The molecule has 0 bridgehead atoms. The molecular formula is C28H29BClF2N3O5. The zero-order valence-electron chi connectivity index (χ0n) is 22.1. The first kappa shape index (κ1) is 30.6. The fraction of sp³-hybridized carbons (Fsp3) is 0.250. The van der Waals surface area contributed by atoms with E-state index in [4.69, 9.17) is 16.3 Å². The zero-order chi connectivity index (χ0) is 29.4. The Morgan fingerprint density at radius 1 is 0.925 bits per heavy atom. The first-order valence-corrected chi connectivity index (χ1v) is 12.8. The summed E-state index contributed by atoms with van der Waals surface area (Å²) in [7, 11) is 1.89. The monoisotopic (exact) mass is 571 g/mol. The molecule has 12 heteroatoms. The van der Waals surface area contributed by atoms with Gasteiger partial charge in [-0.2, -0.15) is 0 Å². The zero-order valence-corrected chi connectivity index (χ0v) is 22.9. The van der Waals surface area contributed by atoms with Crippen LogP contribution in [0.25, 0.3) is 0 Å². The van der Waals surface area contributed by atoms with Gasteiger partial charge in [-0.15, -0.1) is 0 Å². The highest BCUT2D eigenvalue weighted by Crippen LogP contribution is 2.26. The maximum atomic E-state index is 13.1. The van der Waals surface area contributed by atoms with E-state index in [1.807, 2.05) is 7.85 Å². The van der Waals surface area contributed by atoms with Crippen LogP contribution in [0.2, 0.25) is 5.02 Å². The molecule has 0 spiro atoms. The molecule has 0 saturated carbocycles. The fourth-order valence-corrected chi connectivity index (χ4v) is 3.75. The van der Waals surface area contributed by atoms with E-state index in [1.165, 1.54) is 30.3 Å². The van der Waals surface area contributed by atoms with Crippen LogP contribution in [-0.4, -0.2) is 49.8 Å². The second-order valence-corrected chi connectivity index (χ2v) is 9.82. The third-order valence-electron chi connectivity index (χ3n) is 5.80. The minimum Gasteiger partial charge on any atom is -0.487 e. The summed E-state index contributed by atoms with van der Waals surface area (Å²) in [6.07, 6.45) is -3.92. The van der Waals surface area contributed by atoms with Crippen LogP contribution in [0.5, 0.6) is 5.75 Å². The van der Waals surface area contributed by atoms with Crippen LogP contribution in [-0.2, 0) is 11.3 Å². The molecule has 210 valence electrons. The number of hydrogen-bond donors (Lipinski definition) is 4. The van der Waals surface area contributed by atoms with Gasteiger partial charge in [0.1, 0.15) is 26.3 Å². The third kappa shape index (κ3) is 8.52. The number of hydrogen-bond acceptors (Lipinski definition) is 5. The predicted octanol–water partition coefficient (Wildman–Crippen LogP) is 3.38. The first-order chi connectivity index (χ1) is 18.9. The number of alkyl halides is 2. The molecule has 3 amide bonds. The molecule has 0 radical (unpaired) electrons. The van der Waals surface area contributed by atoms with Gasteiger partial charge in [0.2, 0.25) is 5.91 Å². The SMILES string of the molecule is Bc1ccc(NC(=O)c2cc(NC(=O)c3cc(CNC(=O)C(O)C(C)C)ccc3Cl)ccc2OCC(F)F)cc1. The van der Waals surface area contributed by atoms with E-state index in [-0.39, 0.29) is 40.0 Å². The molecule has 40 heavy (non-hydrogen) atoms. The average molecular weight is 572 g/mol. The van der Waals surface area contributed by atoms with E-state index in [0.717, 1.165) is 5.46 Å². The van der Waals surface area contributed by atoms with Crippen LogP contribution >= 0.6 is 11.6 Å². The summed E-state index contributed by atoms with van der Waals surface area (Å²) in [5, 5.41) is 18.0. The van der Waals surface area contributed by atoms with Gasteiger partial charge in [-0.25, -0.2) is 8.78 Å². The molecule has 0 aliphatic rings. The van der Waals surface area contributed by atoms with Gasteiger partial charge in [0, 0.05) is 17.9 Å². The van der Waals surface area contributed by atoms with Crippen LogP contribution in [0.3, 0.4) is 0 Å². The molecule has 1 unspecified atom stereocenters. The molecule has 0 fully saturated rings. The number of rotatable bonds is 11. The van der Waals surface area contributed by atoms with Crippen molar-refractivity contribution in [2.24, 2.45) is 5.92 Å². The molecule has 0 aromatic heterocycles. The Balaban J connectivity index is 1.80. The van der Waals surface area contributed by atoms with Gasteiger partial charge >= 0.3 is 0 Å². The molecule has 0 saturated heterocycles. The van der Waals surface area contributed by atoms with E-state index in [0.29, 0.717) is 11.3 Å². The summed E-state index contributed by atoms with van der Waals surface area (Å²) in [6.45, 7) is 2.57. The van der Waals surface area contributed by atoms with Crippen molar-refractivity contribution in [1.29, 1.82) is 0 Å². The summed E-state index contributed by atoms with van der Waals surface area (Å²) in [5.74, 6) is -2.11. The van der Waals surface area contributed by atoms with Crippen molar-refractivity contribution in [3.8, 4) is 5.75 Å². The van der Waals surface area contributed by atoms with E-state index in [1.54, 1.807) is 44.2 Å². The number of anilines is 2. The Hall–Kier alpha value is -3.96. The number of carbonyl (C=O) groups excluding carboxylic acids is 3. The number of aliphatic hydroxyl groups excluding tert-OH is 1. The molecule has 0 heterocycles. The van der Waals surface area contributed by atoms with Crippen molar-refractivity contribution in [3.05, 3.63) is 82.4 Å². The largest absolute Gasteiger partial charge is 0.487 e. The van der Waals surface area contributed by atoms with Gasteiger partial charge in [0.15, 0.2) is 0 Å². The maximum Gasteiger partial charge on any atom is 0.272 e. The topological polar surface area (TPSA) is 117 Å². The van der Waals surface area contributed by atoms with Crippen LogP contribution in [0.4, 0.5) is 20.2 Å².